The zero-order chi connectivity index (χ0) is 18.9. The van der Waals surface area contributed by atoms with Crippen LogP contribution in [0.25, 0.3) is 0 Å². The van der Waals surface area contributed by atoms with E-state index in [0.717, 1.165) is 12.1 Å². The van der Waals surface area contributed by atoms with E-state index < -0.39 is 29.5 Å². The number of hydrogen-bond donors (Lipinski definition) is 2. The summed E-state index contributed by atoms with van der Waals surface area (Å²) < 4.78 is 38.5. The summed E-state index contributed by atoms with van der Waals surface area (Å²) in [5.74, 6) is -1.44. The zero-order valence-corrected chi connectivity index (χ0v) is 13.5. The van der Waals surface area contributed by atoms with E-state index in [4.69, 9.17) is 0 Å². The monoisotopic (exact) mass is 364 g/mol. The van der Waals surface area contributed by atoms with Crippen molar-refractivity contribution in [3.8, 4) is 5.75 Å². The Morgan fingerprint density at radius 3 is 2.50 bits per heavy atom. The Morgan fingerprint density at radius 1 is 1.15 bits per heavy atom. The summed E-state index contributed by atoms with van der Waals surface area (Å²) in [5, 5.41) is 11.9. The minimum absolute atomic E-state index is 0.00403. The Balaban J connectivity index is 1.72. The van der Waals surface area contributed by atoms with E-state index in [0.29, 0.717) is 5.69 Å². The van der Waals surface area contributed by atoms with Crippen LogP contribution in [0.2, 0.25) is 0 Å². The molecule has 0 radical (unpaired) electrons. The number of rotatable bonds is 3. The molecular formula is C18H15F3N2O3. The van der Waals surface area contributed by atoms with Crippen LogP contribution in [0.1, 0.15) is 12.0 Å². The third-order valence-electron chi connectivity index (χ3n) is 4.12. The number of phenols is 1. The predicted molar refractivity (Wildman–Crippen MR) is 88.6 cm³/mol. The van der Waals surface area contributed by atoms with E-state index in [1.165, 1.54) is 41.3 Å². The molecule has 0 saturated carbocycles. The SMILES string of the molecule is O=C(Nc1ccc(O)cc1)[C@@H]1CC(=O)N(c2cccc(C(F)(F)F)c2)C1. The van der Waals surface area contributed by atoms with E-state index in [1.54, 1.807) is 0 Å². The van der Waals surface area contributed by atoms with Crippen LogP contribution in [-0.2, 0) is 15.8 Å². The largest absolute Gasteiger partial charge is 0.508 e. The summed E-state index contributed by atoms with van der Waals surface area (Å²) in [6.07, 6.45) is -4.59. The molecule has 8 heteroatoms. The van der Waals surface area contributed by atoms with Crippen LogP contribution in [0.15, 0.2) is 48.5 Å². The molecule has 1 saturated heterocycles. The van der Waals surface area contributed by atoms with Crippen molar-refractivity contribution in [3.05, 3.63) is 54.1 Å². The third-order valence-corrected chi connectivity index (χ3v) is 4.12. The van der Waals surface area contributed by atoms with Crippen molar-refractivity contribution in [2.45, 2.75) is 12.6 Å². The molecule has 5 nitrogen and oxygen atoms in total. The summed E-state index contributed by atoms with van der Waals surface area (Å²) in [6, 6.07) is 10.3. The normalized spacial score (nSPS) is 17.4. The maximum atomic E-state index is 12.8. The molecule has 0 aromatic heterocycles. The lowest BCUT2D eigenvalue weighted by atomic mass is 10.1. The molecule has 1 fully saturated rings. The first-order chi connectivity index (χ1) is 12.2. The summed E-state index contributed by atoms with van der Waals surface area (Å²) >= 11 is 0. The van der Waals surface area contributed by atoms with Crippen molar-refractivity contribution in [3.63, 3.8) is 0 Å². The average molecular weight is 364 g/mol. The smallest absolute Gasteiger partial charge is 0.416 e. The summed E-state index contributed by atoms with van der Waals surface area (Å²) in [5.41, 5.74) is -0.276. The molecule has 1 aliphatic heterocycles. The number of nitrogens with one attached hydrogen (secondary N) is 1. The molecule has 26 heavy (non-hydrogen) atoms. The van der Waals surface area contributed by atoms with Gasteiger partial charge in [-0.3, -0.25) is 9.59 Å². The summed E-state index contributed by atoms with van der Waals surface area (Å²) in [7, 11) is 0. The maximum absolute atomic E-state index is 12.8. The van der Waals surface area contributed by atoms with Crippen LogP contribution >= 0.6 is 0 Å². The first-order valence-corrected chi connectivity index (χ1v) is 7.81. The Morgan fingerprint density at radius 2 is 1.85 bits per heavy atom. The van der Waals surface area contributed by atoms with Gasteiger partial charge in [0.1, 0.15) is 5.75 Å². The molecule has 0 spiro atoms. The van der Waals surface area contributed by atoms with Gasteiger partial charge >= 0.3 is 6.18 Å². The molecule has 1 atom stereocenters. The highest BCUT2D eigenvalue weighted by Gasteiger charge is 2.36. The van der Waals surface area contributed by atoms with Crippen molar-refractivity contribution < 1.29 is 27.9 Å². The van der Waals surface area contributed by atoms with E-state index in [1.807, 2.05) is 0 Å². The highest BCUT2D eigenvalue weighted by molar-refractivity contribution is 6.03. The number of benzene rings is 2. The minimum Gasteiger partial charge on any atom is -0.508 e. The Kier molecular flexibility index (Phi) is 4.58. The van der Waals surface area contributed by atoms with E-state index in [-0.39, 0.29) is 24.4 Å². The topological polar surface area (TPSA) is 69.6 Å². The second-order valence-electron chi connectivity index (χ2n) is 5.99. The van der Waals surface area contributed by atoms with Gasteiger partial charge in [-0.2, -0.15) is 13.2 Å². The molecule has 3 rings (SSSR count). The lowest BCUT2D eigenvalue weighted by molar-refractivity contribution is -0.137. The zero-order valence-electron chi connectivity index (χ0n) is 13.5. The molecule has 0 aliphatic carbocycles. The standard InChI is InChI=1S/C18H15F3N2O3/c19-18(20,21)12-2-1-3-14(9-12)23-10-11(8-16(23)25)17(26)22-13-4-6-15(24)7-5-13/h1-7,9,11,24H,8,10H2,(H,22,26)/t11-/m1/s1. The quantitative estimate of drug-likeness (QED) is 0.820. The summed E-state index contributed by atoms with van der Waals surface area (Å²) in [4.78, 5) is 25.7. The first kappa shape index (κ1) is 17.8. The van der Waals surface area contributed by atoms with Gasteiger partial charge in [-0.05, 0) is 42.5 Å². The van der Waals surface area contributed by atoms with Crippen LogP contribution in [-0.4, -0.2) is 23.5 Å². The number of hydrogen-bond acceptors (Lipinski definition) is 3. The van der Waals surface area contributed by atoms with Gasteiger partial charge in [0, 0.05) is 24.3 Å². The number of aromatic hydroxyl groups is 1. The van der Waals surface area contributed by atoms with Crippen LogP contribution in [0.5, 0.6) is 5.75 Å². The Bertz CT molecular complexity index is 834. The number of carbonyl (C=O) groups excluding carboxylic acids is 2. The first-order valence-electron chi connectivity index (χ1n) is 7.81. The van der Waals surface area contributed by atoms with Crippen molar-refractivity contribution in [1.29, 1.82) is 0 Å². The van der Waals surface area contributed by atoms with Crippen LogP contribution in [0.4, 0.5) is 24.5 Å². The van der Waals surface area contributed by atoms with Crippen molar-refractivity contribution >= 4 is 23.2 Å². The molecule has 2 N–H and O–H groups in total. The van der Waals surface area contributed by atoms with Gasteiger partial charge in [0.15, 0.2) is 0 Å². The molecule has 136 valence electrons. The number of carbonyl (C=O) groups is 2. The van der Waals surface area contributed by atoms with Crippen molar-refractivity contribution in [1.82, 2.24) is 0 Å². The molecule has 2 aromatic rings. The second kappa shape index (κ2) is 6.70. The number of anilines is 2. The Labute approximate surface area is 147 Å². The number of nitrogens with zero attached hydrogens (tertiary/aromatic N) is 1. The van der Waals surface area contributed by atoms with Gasteiger partial charge in [-0.15, -0.1) is 0 Å². The molecule has 2 amide bonds. The lowest BCUT2D eigenvalue weighted by Crippen LogP contribution is -2.28. The van der Waals surface area contributed by atoms with Crippen molar-refractivity contribution in [2.24, 2.45) is 5.92 Å². The van der Waals surface area contributed by atoms with Crippen LogP contribution < -0.4 is 10.2 Å². The molecular weight excluding hydrogens is 349 g/mol. The van der Waals surface area contributed by atoms with E-state index in [2.05, 4.69) is 5.32 Å². The van der Waals surface area contributed by atoms with Gasteiger partial charge in [0.2, 0.25) is 11.8 Å². The number of amides is 2. The van der Waals surface area contributed by atoms with Crippen LogP contribution in [0, 0.1) is 5.92 Å². The fraction of sp³-hybridized carbons (Fsp3) is 0.222. The highest BCUT2D eigenvalue weighted by atomic mass is 19.4. The molecule has 2 aromatic carbocycles. The predicted octanol–water partition coefficient (Wildman–Crippen LogP) is 3.40. The average Bonchev–Trinajstić information content (AvgIpc) is 2.98. The van der Waals surface area contributed by atoms with E-state index >= 15 is 0 Å². The molecule has 0 bridgehead atoms. The van der Waals surface area contributed by atoms with Gasteiger partial charge < -0.3 is 15.3 Å². The van der Waals surface area contributed by atoms with Gasteiger partial charge in [0.25, 0.3) is 0 Å². The fourth-order valence-corrected chi connectivity index (χ4v) is 2.77. The van der Waals surface area contributed by atoms with Crippen LogP contribution in [0.3, 0.4) is 0 Å². The van der Waals surface area contributed by atoms with Gasteiger partial charge in [-0.25, -0.2) is 0 Å². The van der Waals surface area contributed by atoms with E-state index in [9.17, 15) is 27.9 Å². The number of alkyl halides is 3. The lowest BCUT2D eigenvalue weighted by Gasteiger charge is -2.18. The fourth-order valence-electron chi connectivity index (χ4n) is 2.77. The second-order valence-corrected chi connectivity index (χ2v) is 5.99. The highest BCUT2D eigenvalue weighted by Crippen LogP contribution is 2.33. The molecule has 0 unspecified atom stereocenters. The maximum Gasteiger partial charge on any atom is 0.416 e. The number of halogens is 3. The summed E-state index contributed by atoms with van der Waals surface area (Å²) in [6.45, 7) is 0.00403. The minimum atomic E-state index is -4.51. The molecule has 1 aliphatic rings. The molecule has 1 heterocycles. The van der Waals surface area contributed by atoms with Crippen molar-refractivity contribution in [2.75, 3.05) is 16.8 Å². The third kappa shape index (κ3) is 3.79. The number of phenolic OH excluding ortho intramolecular Hbond substituents is 1. The van der Waals surface area contributed by atoms with Gasteiger partial charge in [-0.1, -0.05) is 6.07 Å². The van der Waals surface area contributed by atoms with Gasteiger partial charge in [0.05, 0.1) is 11.5 Å². The Hall–Kier alpha value is -3.03.